The number of hydrogen-bond donors (Lipinski definition) is 2. The fraction of sp³-hybridized carbons (Fsp3) is 0.556. The Morgan fingerprint density at radius 3 is 2.17 bits per heavy atom. The van der Waals surface area contributed by atoms with Gasteiger partial charge in [0.1, 0.15) is 0 Å². The molecule has 1 atom stereocenters. The Balaban J connectivity index is 3.12. The number of nitrogens with one attached hydrogen (secondary N) is 1. The predicted octanol–water partition coefficient (Wildman–Crippen LogP) is 1.31. The van der Waals surface area contributed by atoms with E-state index in [1.165, 1.54) is 6.92 Å². The zero-order valence-corrected chi connectivity index (χ0v) is 9.83. The molecule has 1 heterocycles. The van der Waals surface area contributed by atoms with Crippen molar-refractivity contribution in [1.82, 2.24) is 15.2 Å². The van der Waals surface area contributed by atoms with Crippen molar-refractivity contribution in [1.29, 1.82) is 0 Å². The van der Waals surface area contributed by atoms with Crippen LogP contribution in [0, 0.1) is 13.8 Å². The normalized spacial score (nSPS) is 15.0. The molecular formula is C9H11F3N4O2. The molecule has 0 aliphatic rings. The number of carboxylic acid groups (broad SMARTS) is 1. The summed E-state index contributed by atoms with van der Waals surface area (Å²) in [5.41, 5.74) is -2.36. The first-order valence-corrected chi connectivity index (χ1v) is 4.84. The summed E-state index contributed by atoms with van der Waals surface area (Å²) in [6.07, 6.45) is -5.00. The summed E-state index contributed by atoms with van der Waals surface area (Å²) < 4.78 is 38.1. The number of carboxylic acids is 1. The summed E-state index contributed by atoms with van der Waals surface area (Å²) >= 11 is 0. The number of carbonyl (C=O) groups is 1. The van der Waals surface area contributed by atoms with E-state index in [1.807, 2.05) is 0 Å². The molecule has 0 radical (unpaired) electrons. The Bertz CT molecular complexity index is 477. The fourth-order valence-electron chi connectivity index (χ4n) is 0.979. The maximum atomic E-state index is 12.7. The van der Waals surface area contributed by atoms with Gasteiger partial charge in [-0.25, -0.2) is 9.78 Å². The van der Waals surface area contributed by atoms with E-state index in [0.29, 0.717) is 18.3 Å². The van der Waals surface area contributed by atoms with Crippen LogP contribution in [0.3, 0.4) is 0 Å². The molecule has 0 aliphatic carbocycles. The highest BCUT2D eigenvalue weighted by molar-refractivity contribution is 5.82. The van der Waals surface area contributed by atoms with E-state index in [2.05, 4.69) is 15.2 Å². The summed E-state index contributed by atoms with van der Waals surface area (Å²) in [4.78, 5) is 14.5. The third-order valence-corrected chi connectivity index (χ3v) is 2.45. The van der Waals surface area contributed by atoms with Crippen LogP contribution >= 0.6 is 0 Å². The van der Waals surface area contributed by atoms with Gasteiger partial charge in [0.15, 0.2) is 0 Å². The van der Waals surface area contributed by atoms with Gasteiger partial charge in [0.2, 0.25) is 11.5 Å². The molecule has 0 fully saturated rings. The average Bonchev–Trinajstić information content (AvgIpc) is 2.21. The number of aliphatic carboxylic acids is 1. The molecule has 1 rings (SSSR count). The highest BCUT2D eigenvalue weighted by Gasteiger charge is 2.58. The molecule has 1 aromatic rings. The maximum Gasteiger partial charge on any atom is 0.422 e. The first-order chi connectivity index (χ1) is 8.08. The second-order valence-electron chi connectivity index (χ2n) is 3.86. The molecule has 0 saturated heterocycles. The van der Waals surface area contributed by atoms with Crippen molar-refractivity contribution in [2.75, 3.05) is 5.32 Å². The van der Waals surface area contributed by atoms with Crippen LogP contribution in [0.2, 0.25) is 0 Å². The molecule has 100 valence electrons. The Hall–Kier alpha value is -1.93. The number of rotatable bonds is 3. The molecular weight excluding hydrogens is 253 g/mol. The SMILES string of the molecule is Cc1nnc(NC(C)(C(=O)O)C(F)(F)F)nc1C. The highest BCUT2D eigenvalue weighted by atomic mass is 19.4. The molecule has 2 N–H and O–H groups in total. The van der Waals surface area contributed by atoms with Crippen molar-refractivity contribution < 1.29 is 23.1 Å². The summed E-state index contributed by atoms with van der Waals surface area (Å²) in [7, 11) is 0. The largest absolute Gasteiger partial charge is 0.479 e. The third kappa shape index (κ3) is 2.49. The third-order valence-electron chi connectivity index (χ3n) is 2.45. The second kappa shape index (κ2) is 4.39. The predicted molar refractivity (Wildman–Crippen MR) is 55.0 cm³/mol. The van der Waals surface area contributed by atoms with E-state index < -0.39 is 23.6 Å². The minimum atomic E-state index is -5.00. The van der Waals surface area contributed by atoms with Gasteiger partial charge in [0, 0.05) is 0 Å². The molecule has 0 amide bonds. The topological polar surface area (TPSA) is 88.0 Å². The van der Waals surface area contributed by atoms with Crippen molar-refractivity contribution in [3.8, 4) is 0 Å². The lowest BCUT2D eigenvalue weighted by molar-refractivity contribution is -0.193. The van der Waals surface area contributed by atoms with Gasteiger partial charge in [-0.1, -0.05) is 0 Å². The molecule has 0 aliphatic heterocycles. The van der Waals surface area contributed by atoms with Crippen LogP contribution in [0.1, 0.15) is 18.3 Å². The van der Waals surface area contributed by atoms with Gasteiger partial charge >= 0.3 is 12.1 Å². The number of alkyl halides is 3. The number of nitrogens with zero attached hydrogens (tertiary/aromatic N) is 3. The highest BCUT2D eigenvalue weighted by Crippen LogP contribution is 2.32. The van der Waals surface area contributed by atoms with Crippen molar-refractivity contribution in [2.45, 2.75) is 32.5 Å². The summed E-state index contributed by atoms with van der Waals surface area (Å²) in [6.45, 7) is 3.61. The van der Waals surface area contributed by atoms with E-state index in [0.717, 1.165) is 0 Å². The van der Waals surface area contributed by atoms with Crippen LogP contribution in [0.15, 0.2) is 0 Å². The molecule has 18 heavy (non-hydrogen) atoms. The van der Waals surface area contributed by atoms with Gasteiger partial charge in [-0.15, -0.1) is 5.10 Å². The van der Waals surface area contributed by atoms with Crippen LogP contribution in [-0.4, -0.2) is 38.0 Å². The number of aryl methyl sites for hydroxylation is 2. The molecule has 0 bridgehead atoms. The van der Waals surface area contributed by atoms with E-state index in [4.69, 9.17) is 5.11 Å². The van der Waals surface area contributed by atoms with Gasteiger partial charge in [-0.2, -0.15) is 18.3 Å². The first kappa shape index (κ1) is 14.1. The lowest BCUT2D eigenvalue weighted by Gasteiger charge is -2.28. The van der Waals surface area contributed by atoms with Gasteiger partial charge in [0.05, 0.1) is 11.4 Å². The number of anilines is 1. The van der Waals surface area contributed by atoms with Crippen molar-refractivity contribution >= 4 is 11.9 Å². The lowest BCUT2D eigenvalue weighted by Crippen LogP contribution is -2.56. The molecule has 0 saturated carbocycles. The number of aromatic nitrogens is 3. The van der Waals surface area contributed by atoms with Crippen LogP contribution in [-0.2, 0) is 4.79 Å². The van der Waals surface area contributed by atoms with Crippen molar-refractivity contribution in [3.05, 3.63) is 11.4 Å². The van der Waals surface area contributed by atoms with E-state index >= 15 is 0 Å². The molecule has 0 spiro atoms. The summed E-state index contributed by atoms with van der Waals surface area (Å²) in [5, 5.41) is 17.4. The van der Waals surface area contributed by atoms with Crippen LogP contribution in [0.25, 0.3) is 0 Å². The van der Waals surface area contributed by atoms with Crippen molar-refractivity contribution in [2.24, 2.45) is 0 Å². The number of halogens is 3. The zero-order chi connectivity index (χ0) is 14.1. The van der Waals surface area contributed by atoms with Gasteiger partial charge in [-0.3, -0.25) is 0 Å². The molecule has 0 aromatic carbocycles. The van der Waals surface area contributed by atoms with Crippen LogP contribution in [0.5, 0.6) is 0 Å². The fourth-order valence-corrected chi connectivity index (χ4v) is 0.979. The number of hydrogen-bond acceptors (Lipinski definition) is 5. The summed E-state index contributed by atoms with van der Waals surface area (Å²) in [5.74, 6) is -2.56. The monoisotopic (exact) mass is 264 g/mol. The van der Waals surface area contributed by atoms with Crippen LogP contribution in [0.4, 0.5) is 19.1 Å². The van der Waals surface area contributed by atoms with Crippen LogP contribution < -0.4 is 5.32 Å². The Morgan fingerprint density at radius 1 is 1.22 bits per heavy atom. The summed E-state index contributed by atoms with van der Waals surface area (Å²) in [6, 6.07) is 0. The Labute approximate surface area is 100 Å². The Morgan fingerprint density at radius 2 is 1.78 bits per heavy atom. The average molecular weight is 264 g/mol. The maximum absolute atomic E-state index is 12.7. The quantitative estimate of drug-likeness (QED) is 0.855. The van der Waals surface area contributed by atoms with E-state index in [9.17, 15) is 18.0 Å². The van der Waals surface area contributed by atoms with E-state index in [1.54, 1.807) is 12.2 Å². The molecule has 1 aromatic heterocycles. The molecule has 1 unspecified atom stereocenters. The van der Waals surface area contributed by atoms with Gasteiger partial charge in [0.25, 0.3) is 0 Å². The zero-order valence-electron chi connectivity index (χ0n) is 9.83. The molecule has 9 heteroatoms. The van der Waals surface area contributed by atoms with Gasteiger partial charge < -0.3 is 10.4 Å². The minimum absolute atomic E-state index is 0.363. The lowest BCUT2D eigenvalue weighted by atomic mass is 10.0. The standard InChI is InChI=1S/C9H11F3N4O2/c1-4-5(2)15-16-7(13-4)14-8(3,6(17)18)9(10,11)12/h1-3H3,(H,17,18)(H,13,14,16). The first-order valence-electron chi connectivity index (χ1n) is 4.84. The minimum Gasteiger partial charge on any atom is -0.479 e. The smallest absolute Gasteiger partial charge is 0.422 e. The Kier molecular flexibility index (Phi) is 3.45. The second-order valence-corrected chi connectivity index (χ2v) is 3.86. The molecule has 6 nitrogen and oxygen atoms in total. The van der Waals surface area contributed by atoms with Crippen molar-refractivity contribution in [3.63, 3.8) is 0 Å². The van der Waals surface area contributed by atoms with Gasteiger partial charge in [-0.05, 0) is 20.8 Å². The van der Waals surface area contributed by atoms with E-state index in [-0.39, 0.29) is 0 Å².